The predicted octanol–water partition coefficient (Wildman–Crippen LogP) is 6.11. The van der Waals surface area contributed by atoms with E-state index in [1.165, 1.54) is 22.3 Å². The topological polar surface area (TPSA) is 23.8 Å². The fourth-order valence-electron chi connectivity index (χ4n) is 2.65. The molecule has 0 bridgehead atoms. The zero-order valence-electron chi connectivity index (χ0n) is 13.1. The zero-order valence-corrected chi connectivity index (χ0v) is 15.3. The van der Waals surface area contributed by atoms with E-state index in [0.29, 0.717) is 0 Å². The first kappa shape index (κ1) is 15.8. The van der Waals surface area contributed by atoms with Crippen molar-refractivity contribution in [1.82, 2.24) is 0 Å². The molecule has 0 spiro atoms. The van der Waals surface area contributed by atoms with E-state index in [2.05, 4.69) is 96.2 Å². The Kier molecular flexibility index (Phi) is 4.49. The van der Waals surface area contributed by atoms with Crippen LogP contribution in [0.1, 0.15) is 16.7 Å². The average molecular weight is 409 g/mol. The van der Waals surface area contributed by atoms with E-state index in [-0.39, 0.29) is 0 Å². The monoisotopic (exact) mass is 409 g/mol. The van der Waals surface area contributed by atoms with Crippen LogP contribution in [0.2, 0.25) is 0 Å². The first-order valence-corrected chi connectivity index (χ1v) is 8.54. The van der Waals surface area contributed by atoms with E-state index in [1.807, 2.05) is 6.92 Å². The average Bonchev–Trinajstić information content (AvgIpc) is 2.55. The number of hydrogen-bond donors (Lipinski definition) is 0. The van der Waals surface area contributed by atoms with Crippen molar-refractivity contribution >= 4 is 22.6 Å². The summed E-state index contributed by atoms with van der Waals surface area (Å²) in [5, 5.41) is 9.19. The molecule has 3 aromatic carbocycles. The second-order valence-electron chi connectivity index (χ2n) is 5.71. The molecule has 0 saturated heterocycles. The van der Waals surface area contributed by atoms with Crippen molar-refractivity contribution in [3.63, 3.8) is 0 Å². The Morgan fingerprint density at radius 3 is 1.70 bits per heavy atom. The highest BCUT2D eigenvalue weighted by Gasteiger charge is 2.07. The van der Waals surface area contributed by atoms with Gasteiger partial charge in [0.15, 0.2) is 0 Å². The van der Waals surface area contributed by atoms with Crippen LogP contribution in [0, 0.1) is 28.7 Å². The molecule has 0 aliphatic rings. The Labute approximate surface area is 150 Å². The van der Waals surface area contributed by atoms with E-state index in [1.54, 1.807) is 0 Å². The standard InChI is InChI=1S/C21H16IN/c1-14-3-5-16(6-4-14)17-7-9-18(10-8-17)19-11-15(2)20(13-23)21(22)12-19/h3-12H,1-2H3. The lowest BCUT2D eigenvalue weighted by atomic mass is 9.97. The molecule has 0 fully saturated rings. The summed E-state index contributed by atoms with van der Waals surface area (Å²) in [6.07, 6.45) is 0. The molecule has 3 aromatic rings. The smallest absolute Gasteiger partial charge is 0.101 e. The van der Waals surface area contributed by atoms with Crippen LogP contribution < -0.4 is 0 Å². The van der Waals surface area contributed by atoms with E-state index >= 15 is 0 Å². The first-order chi connectivity index (χ1) is 11.1. The largest absolute Gasteiger partial charge is 0.192 e. The molecule has 0 aliphatic heterocycles. The number of nitrogens with zero attached hydrogens (tertiary/aromatic N) is 1. The Bertz CT molecular complexity index is 862. The molecule has 3 rings (SSSR count). The molecule has 0 aliphatic carbocycles. The fraction of sp³-hybridized carbons (Fsp3) is 0.0952. The number of nitriles is 1. The van der Waals surface area contributed by atoms with Crippen LogP contribution in [0.3, 0.4) is 0 Å². The third kappa shape index (κ3) is 3.30. The second kappa shape index (κ2) is 6.55. The summed E-state index contributed by atoms with van der Waals surface area (Å²) in [5.74, 6) is 0. The lowest BCUT2D eigenvalue weighted by Gasteiger charge is -2.08. The molecule has 2 heteroatoms. The molecule has 23 heavy (non-hydrogen) atoms. The molecule has 0 unspecified atom stereocenters. The van der Waals surface area contributed by atoms with E-state index in [9.17, 15) is 5.26 Å². The van der Waals surface area contributed by atoms with Crippen LogP contribution >= 0.6 is 22.6 Å². The van der Waals surface area contributed by atoms with Crippen molar-refractivity contribution in [3.8, 4) is 28.3 Å². The minimum absolute atomic E-state index is 0.769. The van der Waals surface area contributed by atoms with Crippen LogP contribution in [0.5, 0.6) is 0 Å². The minimum atomic E-state index is 0.769. The number of benzene rings is 3. The number of aryl methyl sites for hydroxylation is 2. The van der Waals surface area contributed by atoms with Crippen LogP contribution in [0.15, 0.2) is 60.7 Å². The van der Waals surface area contributed by atoms with E-state index < -0.39 is 0 Å². The van der Waals surface area contributed by atoms with Gasteiger partial charge >= 0.3 is 0 Å². The molecular weight excluding hydrogens is 393 g/mol. The second-order valence-corrected chi connectivity index (χ2v) is 6.87. The van der Waals surface area contributed by atoms with Gasteiger partial charge in [-0.2, -0.15) is 5.26 Å². The van der Waals surface area contributed by atoms with Gasteiger partial charge in [-0.05, 0) is 70.3 Å². The Hall–Kier alpha value is -2.12. The van der Waals surface area contributed by atoms with Crippen molar-refractivity contribution in [1.29, 1.82) is 5.26 Å². The minimum Gasteiger partial charge on any atom is -0.192 e. The highest BCUT2D eigenvalue weighted by Crippen LogP contribution is 2.28. The predicted molar refractivity (Wildman–Crippen MR) is 104 cm³/mol. The SMILES string of the molecule is Cc1ccc(-c2ccc(-c3cc(C)c(C#N)c(I)c3)cc2)cc1. The highest BCUT2D eigenvalue weighted by atomic mass is 127. The van der Waals surface area contributed by atoms with Gasteiger partial charge in [-0.25, -0.2) is 0 Å². The molecule has 0 N–H and O–H groups in total. The molecule has 0 radical (unpaired) electrons. The van der Waals surface area contributed by atoms with Gasteiger partial charge in [-0.15, -0.1) is 0 Å². The fourth-order valence-corrected chi connectivity index (χ4v) is 3.54. The number of rotatable bonds is 2. The molecule has 0 heterocycles. The van der Waals surface area contributed by atoms with Crippen molar-refractivity contribution in [2.45, 2.75) is 13.8 Å². The van der Waals surface area contributed by atoms with Gasteiger partial charge in [-0.3, -0.25) is 0 Å². The third-order valence-corrected chi connectivity index (χ3v) is 4.85. The summed E-state index contributed by atoms with van der Waals surface area (Å²) in [7, 11) is 0. The lowest BCUT2D eigenvalue weighted by molar-refractivity contribution is 1.37. The molecule has 0 amide bonds. The van der Waals surface area contributed by atoms with Crippen LogP contribution in [-0.2, 0) is 0 Å². The quantitative estimate of drug-likeness (QED) is 0.469. The van der Waals surface area contributed by atoms with Crippen molar-refractivity contribution in [2.75, 3.05) is 0 Å². The zero-order chi connectivity index (χ0) is 16.4. The summed E-state index contributed by atoms with van der Waals surface area (Å²) in [6.45, 7) is 4.09. The van der Waals surface area contributed by atoms with Crippen molar-refractivity contribution in [3.05, 3.63) is 80.9 Å². The Morgan fingerprint density at radius 2 is 1.22 bits per heavy atom. The number of hydrogen-bond acceptors (Lipinski definition) is 1. The molecule has 0 saturated carbocycles. The Balaban J connectivity index is 1.97. The molecule has 0 aromatic heterocycles. The lowest BCUT2D eigenvalue weighted by Crippen LogP contribution is -1.90. The maximum absolute atomic E-state index is 9.19. The van der Waals surface area contributed by atoms with Crippen LogP contribution in [0.4, 0.5) is 0 Å². The van der Waals surface area contributed by atoms with Gasteiger partial charge < -0.3 is 0 Å². The summed E-state index contributed by atoms with van der Waals surface area (Å²) < 4.78 is 1.00. The summed E-state index contributed by atoms with van der Waals surface area (Å²) >= 11 is 2.23. The van der Waals surface area contributed by atoms with Crippen molar-refractivity contribution in [2.24, 2.45) is 0 Å². The first-order valence-electron chi connectivity index (χ1n) is 7.46. The van der Waals surface area contributed by atoms with Crippen molar-refractivity contribution < 1.29 is 0 Å². The van der Waals surface area contributed by atoms with Gasteiger partial charge in [0.05, 0.1) is 5.56 Å². The maximum atomic E-state index is 9.19. The maximum Gasteiger partial charge on any atom is 0.101 e. The highest BCUT2D eigenvalue weighted by molar-refractivity contribution is 14.1. The molecule has 112 valence electrons. The van der Waals surface area contributed by atoms with Gasteiger partial charge in [-0.1, -0.05) is 60.2 Å². The van der Waals surface area contributed by atoms with E-state index in [0.717, 1.165) is 20.3 Å². The summed E-state index contributed by atoms with van der Waals surface area (Å²) in [6, 6.07) is 23.6. The Morgan fingerprint density at radius 1 is 0.739 bits per heavy atom. The van der Waals surface area contributed by atoms with Crippen LogP contribution in [0.25, 0.3) is 22.3 Å². The van der Waals surface area contributed by atoms with Gasteiger partial charge in [0.25, 0.3) is 0 Å². The summed E-state index contributed by atoms with van der Waals surface area (Å²) in [5.41, 5.74) is 7.84. The third-order valence-electron chi connectivity index (χ3n) is 4.00. The molecular formula is C21H16IN. The van der Waals surface area contributed by atoms with Gasteiger partial charge in [0, 0.05) is 3.57 Å². The number of halogens is 1. The van der Waals surface area contributed by atoms with Crippen LogP contribution in [-0.4, -0.2) is 0 Å². The molecule has 1 nitrogen and oxygen atoms in total. The normalized spacial score (nSPS) is 10.3. The molecule has 0 atom stereocenters. The van der Waals surface area contributed by atoms with E-state index in [4.69, 9.17) is 0 Å². The van der Waals surface area contributed by atoms with Gasteiger partial charge in [0.1, 0.15) is 6.07 Å². The van der Waals surface area contributed by atoms with Gasteiger partial charge in [0.2, 0.25) is 0 Å². The summed E-state index contributed by atoms with van der Waals surface area (Å²) in [4.78, 5) is 0.